The number of carbonyl (C=O) groups excluding carboxylic acids is 1. The van der Waals surface area contributed by atoms with Crippen molar-refractivity contribution < 1.29 is 14.3 Å². The molecule has 0 aliphatic carbocycles. The number of aryl methyl sites for hydroxylation is 1. The first-order valence-electron chi connectivity index (χ1n) is 5.16. The van der Waals surface area contributed by atoms with Gasteiger partial charge in [0.1, 0.15) is 5.76 Å². The lowest BCUT2D eigenvalue weighted by Crippen LogP contribution is -2.26. The normalized spacial score (nSPS) is 12.5. The summed E-state index contributed by atoms with van der Waals surface area (Å²) < 4.78 is 5.15. The van der Waals surface area contributed by atoms with E-state index in [1.165, 1.54) is 0 Å². The highest BCUT2D eigenvalue weighted by atomic mass is 16.3. The van der Waals surface area contributed by atoms with E-state index in [1.807, 2.05) is 6.92 Å². The van der Waals surface area contributed by atoms with Crippen LogP contribution in [0.1, 0.15) is 36.1 Å². The van der Waals surface area contributed by atoms with Crippen LogP contribution in [0.15, 0.2) is 16.5 Å². The molecule has 1 amide bonds. The minimum absolute atomic E-state index is 0.230. The molecule has 1 heterocycles. The zero-order valence-electron chi connectivity index (χ0n) is 9.12. The van der Waals surface area contributed by atoms with Crippen LogP contribution in [0.4, 0.5) is 0 Å². The smallest absolute Gasteiger partial charge is 0.286 e. The molecule has 0 saturated heterocycles. The van der Waals surface area contributed by atoms with Crippen LogP contribution in [0.25, 0.3) is 0 Å². The molecule has 2 N–H and O–H groups in total. The summed E-state index contributed by atoms with van der Waals surface area (Å²) in [6.45, 7) is 4.16. The first-order valence-corrected chi connectivity index (χ1v) is 5.16. The Morgan fingerprint density at radius 2 is 2.33 bits per heavy atom. The molecule has 84 valence electrons. The average molecular weight is 211 g/mol. The van der Waals surface area contributed by atoms with Crippen LogP contribution < -0.4 is 5.32 Å². The highest BCUT2D eigenvalue weighted by molar-refractivity contribution is 5.91. The molecule has 1 aromatic heterocycles. The molecule has 0 bridgehead atoms. The number of rotatable bonds is 5. The van der Waals surface area contributed by atoms with Gasteiger partial charge in [0.25, 0.3) is 5.91 Å². The summed E-state index contributed by atoms with van der Waals surface area (Å²) >= 11 is 0. The van der Waals surface area contributed by atoms with E-state index in [1.54, 1.807) is 19.1 Å². The Balaban J connectivity index is 2.31. The third-order valence-electron chi connectivity index (χ3n) is 2.20. The quantitative estimate of drug-likeness (QED) is 0.775. The van der Waals surface area contributed by atoms with Gasteiger partial charge in [-0.1, -0.05) is 6.92 Å². The van der Waals surface area contributed by atoms with Gasteiger partial charge < -0.3 is 14.8 Å². The Bertz CT molecular complexity index is 319. The molecule has 1 unspecified atom stereocenters. The number of amides is 1. The SMILES string of the molecule is CCC(O)CCNC(=O)c1ccc(C)o1. The van der Waals surface area contributed by atoms with Crippen LogP contribution >= 0.6 is 0 Å². The second-order valence-corrected chi connectivity index (χ2v) is 3.52. The van der Waals surface area contributed by atoms with Crippen molar-refractivity contribution >= 4 is 5.91 Å². The van der Waals surface area contributed by atoms with Gasteiger partial charge in [0.05, 0.1) is 6.10 Å². The maximum Gasteiger partial charge on any atom is 0.286 e. The summed E-state index contributed by atoms with van der Waals surface area (Å²) in [7, 11) is 0. The fraction of sp³-hybridized carbons (Fsp3) is 0.545. The van der Waals surface area contributed by atoms with Crippen molar-refractivity contribution in [2.75, 3.05) is 6.54 Å². The van der Waals surface area contributed by atoms with Crippen molar-refractivity contribution in [3.63, 3.8) is 0 Å². The molecular formula is C11H17NO3. The fourth-order valence-corrected chi connectivity index (χ4v) is 1.20. The molecule has 15 heavy (non-hydrogen) atoms. The molecule has 0 aliphatic heterocycles. The predicted molar refractivity (Wildman–Crippen MR) is 56.7 cm³/mol. The van der Waals surface area contributed by atoms with Gasteiger partial charge in [0.2, 0.25) is 0 Å². The molecule has 0 saturated carbocycles. The van der Waals surface area contributed by atoms with Crippen LogP contribution in [0.5, 0.6) is 0 Å². The van der Waals surface area contributed by atoms with Crippen molar-refractivity contribution in [1.29, 1.82) is 0 Å². The molecule has 1 rings (SSSR count). The molecule has 1 aromatic rings. The van der Waals surface area contributed by atoms with Crippen molar-refractivity contribution in [3.8, 4) is 0 Å². The summed E-state index contributed by atoms with van der Waals surface area (Å²) in [6.07, 6.45) is 0.932. The number of hydrogen-bond acceptors (Lipinski definition) is 3. The number of nitrogens with one attached hydrogen (secondary N) is 1. The van der Waals surface area contributed by atoms with Crippen LogP contribution in [-0.2, 0) is 0 Å². The largest absolute Gasteiger partial charge is 0.456 e. The van der Waals surface area contributed by atoms with Crippen molar-refractivity contribution in [2.45, 2.75) is 32.8 Å². The highest BCUT2D eigenvalue weighted by Crippen LogP contribution is 2.05. The molecular weight excluding hydrogens is 194 g/mol. The fourth-order valence-electron chi connectivity index (χ4n) is 1.20. The van der Waals surface area contributed by atoms with Gasteiger partial charge in [-0.25, -0.2) is 0 Å². The first kappa shape index (κ1) is 11.8. The molecule has 0 spiro atoms. The number of aliphatic hydroxyl groups is 1. The van der Waals surface area contributed by atoms with Crippen molar-refractivity contribution in [1.82, 2.24) is 5.32 Å². The minimum atomic E-state index is -0.344. The van der Waals surface area contributed by atoms with Gasteiger partial charge in [-0.3, -0.25) is 4.79 Å². The van der Waals surface area contributed by atoms with E-state index in [-0.39, 0.29) is 12.0 Å². The Labute approximate surface area is 89.3 Å². The Morgan fingerprint density at radius 3 is 2.87 bits per heavy atom. The lowest BCUT2D eigenvalue weighted by atomic mass is 10.2. The summed E-state index contributed by atoms with van der Waals surface area (Å²) in [6, 6.07) is 3.39. The Morgan fingerprint density at radius 1 is 1.60 bits per heavy atom. The molecule has 4 nitrogen and oxygen atoms in total. The molecule has 0 aromatic carbocycles. The van der Waals surface area contributed by atoms with Gasteiger partial charge in [-0.05, 0) is 31.9 Å². The third-order valence-corrected chi connectivity index (χ3v) is 2.20. The van der Waals surface area contributed by atoms with Gasteiger partial charge in [-0.15, -0.1) is 0 Å². The Hall–Kier alpha value is -1.29. The topological polar surface area (TPSA) is 62.5 Å². The second kappa shape index (κ2) is 5.56. The summed E-state index contributed by atoms with van der Waals surface area (Å²) in [5, 5.41) is 12.0. The first-order chi connectivity index (χ1) is 7.13. The molecule has 0 radical (unpaired) electrons. The Kier molecular flexibility index (Phi) is 4.37. The van der Waals surface area contributed by atoms with E-state index >= 15 is 0 Å². The van der Waals surface area contributed by atoms with E-state index in [4.69, 9.17) is 4.42 Å². The minimum Gasteiger partial charge on any atom is -0.456 e. The van der Waals surface area contributed by atoms with Crippen molar-refractivity contribution in [3.05, 3.63) is 23.7 Å². The highest BCUT2D eigenvalue weighted by Gasteiger charge is 2.09. The summed E-state index contributed by atoms with van der Waals surface area (Å²) in [5.74, 6) is 0.804. The lowest BCUT2D eigenvalue weighted by Gasteiger charge is -2.07. The monoisotopic (exact) mass is 211 g/mol. The summed E-state index contributed by atoms with van der Waals surface area (Å²) in [5.41, 5.74) is 0. The van der Waals surface area contributed by atoms with Crippen LogP contribution in [-0.4, -0.2) is 23.7 Å². The second-order valence-electron chi connectivity index (χ2n) is 3.52. The van der Waals surface area contributed by atoms with E-state index in [0.717, 1.165) is 0 Å². The predicted octanol–water partition coefficient (Wildman–Crippen LogP) is 1.48. The van der Waals surface area contributed by atoms with Gasteiger partial charge in [0.15, 0.2) is 5.76 Å². The zero-order chi connectivity index (χ0) is 11.3. The van der Waals surface area contributed by atoms with Gasteiger partial charge in [-0.2, -0.15) is 0 Å². The standard InChI is InChI=1S/C11H17NO3/c1-3-9(13)6-7-12-11(14)10-5-4-8(2)15-10/h4-5,9,13H,3,6-7H2,1-2H3,(H,12,14). The zero-order valence-corrected chi connectivity index (χ0v) is 9.12. The lowest BCUT2D eigenvalue weighted by molar-refractivity contribution is 0.0913. The third kappa shape index (κ3) is 3.75. The molecule has 0 aliphatic rings. The molecule has 1 atom stereocenters. The molecule has 4 heteroatoms. The van der Waals surface area contributed by atoms with Gasteiger partial charge >= 0.3 is 0 Å². The maximum atomic E-state index is 11.4. The van der Waals surface area contributed by atoms with Crippen LogP contribution in [0, 0.1) is 6.92 Å². The van der Waals surface area contributed by atoms with E-state index in [0.29, 0.717) is 30.9 Å². The van der Waals surface area contributed by atoms with Crippen molar-refractivity contribution in [2.24, 2.45) is 0 Å². The number of aliphatic hydroxyl groups excluding tert-OH is 1. The van der Waals surface area contributed by atoms with Gasteiger partial charge in [0, 0.05) is 6.54 Å². The summed E-state index contributed by atoms with van der Waals surface area (Å²) in [4.78, 5) is 11.4. The van der Waals surface area contributed by atoms with Crippen LogP contribution in [0.3, 0.4) is 0 Å². The van der Waals surface area contributed by atoms with E-state index in [2.05, 4.69) is 5.32 Å². The average Bonchev–Trinajstić information content (AvgIpc) is 2.64. The van der Waals surface area contributed by atoms with E-state index in [9.17, 15) is 9.90 Å². The number of carbonyl (C=O) groups is 1. The van der Waals surface area contributed by atoms with Crippen LogP contribution in [0.2, 0.25) is 0 Å². The number of furan rings is 1. The maximum absolute atomic E-state index is 11.4. The van der Waals surface area contributed by atoms with E-state index < -0.39 is 0 Å². The molecule has 0 fully saturated rings. The number of hydrogen-bond donors (Lipinski definition) is 2.